The third-order valence-electron chi connectivity index (χ3n) is 5.69. The molecule has 0 radical (unpaired) electrons. The SMILES string of the molecule is CCCCCCCC/C=C/CCCCCCCCOC[C@@H]1OC[C@@H](O)[C@H](O)[C@H]1O. The molecular weight excluding hydrogens is 368 g/mol. The summed E-state index contributed by atoms with van der Waals surface area (Å²) in [6.45, 7) is 3.21. The van der Waals surface area contributed by atoms with Gasteiger partial charge in [-0.2, -0.15) is 0 Å². The number of hydrogen-bond donors (Lipinski definition) is 3. The van der Waals surface area contributed by atoms with Crippen LogP contribution in [0.1, 0.15) is 96.8 Å². The second kappa shape index (κ2) is 18.3. The number of ether oxygens (including phenoxy) is 2. The largest absolute Gasteiger partial charge is 0.388 e. The summed E-state index contributed by atoms with van der Waals surface area (Å²) >= 11 is 0. The van der Waals surface area contributed by atoms with Crippen molar-refractivity contribution in [2.45, 2.75) is 121 Å². The van der Waals surface area contributed by atoms with E-state index in [1.165, 1.54) is 77.0 Å². The number of allylic oxidation sites excluding steroid dienone is 2. The zero-order chi connectivity index (χ0) is 21.2. The summed E-state index contributed by atoms with van der Waals surface area (Å²) in [4.78, 5) is 0. The van der Waals surface area contributed by atoms with Gasteiger partial charge >= 0.3 is 0 Å². The van der Waals surface area contributed by atoms with Crippen LogP contribution in [0.3, 0.4) is 0 Å². The van der Waals surface area contributed by atoms with Gasteiger partial charge in [-0.1, -0.05) is 76.9 Å². The van der Waals surface area contributed by atoms with E-state index in [1.807, 2.05) is 0 Å². The highest BCUT2D eigenvalue weighted by molar-refractivity contribution is 4.86. The lowest BCUT2D eigenvalue weighted by molar-refractivity contribution is -0.199. The van der Waals surface area contributed by atoms with Crippen molar-refractivity contribution in [2.24, 2.45) is 0 Å². The lowest BCUT2D eigenvalue weighted by atomic mass is 10.0. The van der Waals surface area contributed by atoms with E-state index >= 15 is 0 Å². The Morgan fingerprint density at radius 2 is 1.31 bits per heavy atom. The van der Waals surface area contributed by atoms with E-state index in [1.54, 1.807) is 0 Å². The normalized spacial score (nSPS) is 25.1. The zero-order valence-electron chi connectivity index (χ0n) is 18.6. The van der Waals surface area contributed by atoms with Crippen molar-refractivity contribution < 1.29 is 24.8 Å². The number of aliphatic hydroxyl groups is 3. The van der Waals surface area contributed by atoms with E-state index in [0.717, 1.165) is 12.8 Å². The van der Waals surface area contributed by atoms with E-state index in [4.69, 9.17) is 9.47 Å². The molecule has 0 saturated carbocycles. The first-order chi connectivity index (χ1) is 14.2. The predicted molar refractivity (Wildman–Crippen MR) is 118 cm³/mol. The Morgan fingerprint density at radius 1 is 0.759 bits per heavy atom. The number of unbranched alkanes of at least 4 members (excludes halogenated alkanes) is 12. The van der Waals surface area contributed by atoms with E-state index in [9.17, 15) is 15.3 Å². The van der Waals surface area contributed by atoms with E-state index in [2.05, 4.69) is 19.1 Å². The first-order valence-corrected chi connectivity index (χ1v) is 12.0. The fourth-order valence-electron chi connectivity index (χ4n) is 3.66. The lowest BCUT2D eigenvalue weighted by Crippen LogP contribution is -2.54. The molecule has 0 aromatic heterocycles. The van der Waals surface area contributed by atoms with Crippen LogP contribution in [0.15, 0.2) is 12.2 Å². The summed E-state index contributed by atoms with van der Waals surface area (Å²) in [6, 6.07) is 0. The van der Waals surface area contributed by atoms with E-state index in [0.29, 0.717) is 6.61 Å². The summed E-state index contributed by atoms with van der Waals surface area (Å²) in [5.41, 5.74) is 0. The molecule has 1 saturated heterocycles. The van der Waals surface area contributed by atoms with Crippen LogP contribution in [-0.4, -0.2) is 59.6 Å². The molecule has 0 amide bonds. The topological polar surface area (TPSA) is 79.2 Å². The predicted octanol–water partition coefficient (Wildman–Crippen LogP) is 4.52. The zero-order valence-corrected chi connectivity index (χ0v) is 18.6. The van der Waals surface area contributed by atoms with Gasteiger partial charge in [-0.15, -0.1) is 0 Å². The first kappa shape index (κ1) is 26.6. The van der Waals surface area contributed by atoms with Crippen molar-refractivity contribution in [3.63, 3.8) is 0 Å². The van der Waals surface area contributed by atoms with Gasteiger partial charge in [-0.3, -0.25) is 0 Å². The van der Waals surface area contributed by atoms with Crippen LogP contribution in [0.25, 0.3) is 0 Å². The Morgan fingerprint density at radius 3 is 1.93 bits per heavy atom. The maximum Gasteiger partial charge on any atom is 0.111 e. The van der Waals surface area contributed by atoms with Crippen molar-refractivity contribution in [1.82, 2.24) is 0 Å². The number of aliphatic hydroxyl groups excluding tert-OH is 3. The van der Waals surface area contributed by atoms with Gasteiger partial charge in [0.25, 0.3) is 0 Å². The van der Waals surface area contributed by atoms with Gasteiger partial charge in [0, 0.05) is 6.61 Å². The Bertz CT molecular complexity index is 387. The summed E-state index contributed by atoms with van der Waals surface area (Å²) in [5, 5.41) is 28.9. The third-order valence-corrected chi connectivity index (χ3v) is 5.69. The van der Waals surface area contributed by atoms with Crippen LogP contribution >= 0.6 is 0 Å². The summed E-state index contributed by atoms with van der Waals surface area (Å²) in [5.74, 6) is 0. The maximum atomic E-state index is 9.83. The van der Waals surface area contributed by atoms with Gasteiger partial charge in [0.15, 0.2) is 0 Å². The molecule has 0 unspecified atom stereocenters. The Hall–Kier alpha value is -0.460. The fraction of sp³-hybridized carbons (Fsp3) is 0.917. The Kier molecular flexibility index (Phi) is 16.8. The number of hydrogen-bond acceptors (Lipinski definition) is 5. The smallest absolute Gasteiger partial charge is 0.111 e. The first-order valence-electron chi connectivity index (χ1n) is 12.0. The molecular formula is C24H46O5. The van der Waals surface area contributed by atoms with Crippen molar-refractivity contribution in [3.05, 3.63) is 12.2 Å². The van der Waals surface area contributed by atoms with Gasteiger partial charge < -0.3 is 24.8 Å². The average Bonchev–Trinajstić information content (AvgIpc) is 2.72. The third kappa shape index (κ3) is 13.5. The van der Waals surface area contributed by atoms with E-state index < -0.39 is 24.4 Å². The molecule has 0 aromatic carbocycles. The molecule has 5 heteroatoms. The Labute approximate surface area is 178 Å². The van der Waals surface area contributed by atoms with Gasteiger partial charge in [0.1, 0.15) is 24.4 Å². The molecule has 0 aliphatic carbocycles. The number of rotatable bonds is 18. The molecule has 3 N–H and O–H groups in total. The molecule has 0 bridgehead atoms. The molecule has 0 aromatic rings. The molecule has 1 fully saturated rings. The van der Waals surface area contributed by atoms with Crippen LogP contribution in [0.2, 0.25) is 0 Å². The molecule has 1 heterocycles. The molecule has 1 rings (SSSR count). The molecule has 0 spiro atoms. The molecule has 1 aliphatic heterocycles. The van der Waals surface area contributed by atoms with Crippen LogP contribution < -0.4 is 0 Å². The van der Waals surface area contributed by atoms with Crippen molar-refractivity contribution in [3.8, 4) is 0 Å². The highest BCUT2D eigenvalue weighted by Gasteiger charge is 2.37. The second-order valence-corrected chi connectivity index (χ2v) is 8.43. The van der Waals surface area contributed by atoms with Gasteiger partial charge in [-0.25, -0.2) is 0 Å². The molecule has 29 heavy (non-hydrogen) atoms. The van der Waals surface area contributed by atoms with Crippen molar-refractivity contribution in [2.75, 3.05) is 19.8 Å². The van der Waals surface area contributed by atoms with Gasteiger partial charge in [0.05, 0.1) is 13.2 Å². The lowest BCUT2D eigenvalue weighted by Gasteiger charge is -2.35. The summed E-state index contributed by atoms with van der Waals surface area (Å²) in [7, 11) is 0. The van der Waals surface area contributed by atoms with Crippen LogP contribution in [0, 0.1) is 0 Å². The van der Waals surface area contributed by atoms with Crippen LogP contribution in [0.5, 0.6) is 0 Å². The minimum absolute atomic E-state index is 0.0422. The second-order valence-electron chi connectivity index (χ2n) is 8.43. The molecule has 4 atom stereocenters. The highest BCUT2D eigenvalue weighted by atomic mass is 16.6. The minimum Gasteiger partial charge on any atom is -0.388 e. The van der Waals surface area contributed by atoms with Gasteiger partial charge in [-0.05, 0) is 32.1 Å². The molecule has 172 valence electrons. The fourth-order valence-corrected chi connectivity index (χ4v) is 3.66. The minimum atomic E-state index is -1.15. The molecule has 5 nitrogen and oxygen atoms in total. The van der Waals surface area contributed by atoms with E-state index in [-0.39, 0.29) is 13.2 Å². The van der Waals surface area contributed by atoms with Crippen molar-refractivity contribution >= 4 is 0 Å². The molecule has 1 aliphatic rings. The highest BCUT2D eigenvalue weighted by Crippen LogP contribution is 2.16. The summed E-state index contributed by atoms with van der Waals surface area (Å²) in [6.07, 6.45) is 18.9. The standard InChI is InChI=1S/C24H46O5/c1-2-3-4-5-6-7-8-9-10-11-12-13-14-15-16-17-18-28-20-22-24(27)23(26)21(25)19-29-22/h9-10,21-27H,2-8,11-20H2,1H3/b10-9+/t21-,22+,23+,24+/m1/s1. The Balaban J connectivity index is 1.80. The quantitative estimate of drug-likeness (QED) is 0.227. The monoisotopic (exact) mass is 414 g/mol. The van der Waals surface area contributed by atoms with Gasteiger partial charge in [0.2, 0.25) is 0 Å². The maximum absolute atomic E-state index is 9.83. The summed E-state index contributed by atoms with van der Waals surface area (Å²) < 4.78 is 10.9. The van der Waals surface area contributed by atoms with Crippen LogP contribution in [-0.2, 0) is 9.47 Å². The van der Waals surface area contributed by atoms with Crippen LogP contribution in [0.4, 0.5) is 0 Å². The van der Waals surface area contributed by atoms with Crippen molar-refractivity contribution in [1.29, 1.82) is 0 Å². The average molecular weight is 415 g/mol.